The Hall–Kier alpha value is -2.64. The number of carbonyl (C=O) groups is 1. The number of alkyl halides is 3. The highest BCUT2D eigenvalue weighted by Gasteiger charge is 2.38. The molecule has 1 aromatic heterocycles. The number of anilines is 1. The molecule has 8 heteroatoms. The van der Waals surface area contributed by atoms with Crippen LogP contribution in [0.5, 0.6) is 0 Å². The normalized spacial score (nSPS) is 11.3. The van der Waals surface area contributed by atoms with Crippen molar-refractivity contribution >= 4 is 11.6 Å². The van der Waals surface area contributed by atoms with E-state index in [0.717, 1.165) is 19.3 Å². The van der Waals surface area contributed by atoms with Gasteiger partial charge in [-0.2, -0.15) is 18.2 Å². The number of hydrogen-bond acceptors (Lipinski definition) is 4. The molecule has 2 aromatic rings. The second kappa shape index (κ2) is 7.76. The highest BCUT2D eigenvalue weighted by atomic mass is 19.4. The molecule has 0 unspecified atom stereocenters. The van der Waals surface area contributed by atoms with Crippen LogP contribution in [0.15, 0.2) is 41.4 Å². The van der Waals surface area contributed by atoms with E-state index in [0.29, 0.717) is 17.7 Å². The molecule has 2 rings (SSSR count). The van der Waals surface area contributed by atoms with E-state index in [-0.39, 0.29) is 11.7 Å². The molecular weight excluding hydrogens is 323 g/mol. The summed E-state index contributed by atoms with van der Waals surface area (Å²) in [5.74, 6) is -1.68. The number of hydrogen-bond donors (Lipinski definition) is 1. The number of rotatable bonds is 7. The van der Waals surface area contributed by atoms with Crippen molar-refractivity contribution in [3.05, 3.63) is 42.8 Å². The number of carbonyl (C=O) groups excluding carboxylic acids is 1. The smallest absolute Gasteiger partial charge is 0.329 e. The molecule has 128 valence electrons. The zero-order chi connectivity index (χ0) is 17.6. The van der Waals surface area contributed by atoms with Crippen molar-refractivity contribution in [2.45, 2.75) is 31.9 Å². The summed E-state index contributed by atoms with van der Waals surface area (Å²) in [5.41, 5.74) is 0.908. The molecule has 1 N–H and O–H groups in total. The minimum atomic E-state index is -4.68. The molecule has 0 aliphatic carbocycles. The zero-order valence-corrected chi connectivity index (χ0v) is 12.8. The number of amides is 1. The first kappa shape index (κ1) is 17.7. The molecule has 0 saturated carbocycles. The van der Waals surface area contributed by atoms with E-state index in [1.807, 2.05) is 0 Å². The van der Waals surface area contributed by atoms with Crippen LogP contribution >= 0.6 is 0 Å². The lowest BCUT2D eigenvalue weighted by Crippen LogP contribution is -2.10. The number of benzene rings is 1. The summed E-state index contributed by atoms with van der Waals surface area (Å²) in [7, 11) is 0. The van der Waals surface area contributed by atoms with Crippen molar-refractivity contribution in [3.8, 4) is 11.4 Å². The maximum atomic E-state index is 12.4. The van der Waals surface area contributed by atoms with Crippen molar-refractivity contribution in [2.75, 3.05) is 5.32 Å². The third kappa shape index (κ3) is 4.94. The standard InChI is InChI=1S/C16H16F3N3O2/c1-2-3-4-5-6-13(23)20-12-9-7-11(8-10-12)14-21-15(24-22-14)16(17,18)19/h2,7-10H,1,3-6H2,(H,20,23). The summed E-state index contributed by atoms with van der Waals surface area (Å²) in [6.07, 6.45) is 0.0553. The Kier molecular flexibility index (Phi) is 5.73. The Balaban J connectivity index is 1.94. The number of unbranched alkanes of at least 4 members (excludes halogenated alkanes) is 2. The monoisotopic (exact) mass is 339 g/mol. The number of nitrogens with zero attached hydrogens (tertiary/aromatic N) is 2. The molecule has 0 saturated heterocycles. The first-order valence-corrected chi connectivity index (χ1v) is 7.32. The molecule has 1 amide bonds. The number of aromatic nitrogens is 2. The van der Waals surface area contributed by atoms with E-state index >= 15 is 0 Å². The van der Waals surface area contributed by atoms with Crippen LogP contribution in [0.3, 0.4) is 0 Å². The first-order valence-electron chi connectivity index (χ1n) is 7.32. The lowest BCUT2D eigenvalue weighted by Gasteiger charge is -2.05. The maximum Gasteiger partial charge on any atom is 0.471 e. The number of halogens is 3. The van der Waals surface area contributed by atoms with Crippen LogP contribution in [-0.4, -0.2) is 16.0 Å². The van der Waals surface area contributed by atoms with Gasteiger partial charge in [0.25, 0.3) is 0 Å². The van der Waals surface area contributed by atoms with Crippen LogP contribution in [0.1, 0.15) is 31.6 Å². The average molecular weight is 339 g/mol. The van der Waals surface area contributed by atoms with E-state index in [9.17, 15) is 18.0 Å². The third-order valence-electron chi connectivity index (χ3n) is 3.16. The van der Waals surface area contributed by atoms with Gasteiger partial charge in [0.05, 0.1) is 0 Å². The molecule has 24 heavy (non-hydrogen) atoms. The average Bonchev–Trinajstić information content (AvgIpc) is 3.02. The fourth-order valence-corrected chi connectivity index (χ4v) is 1.96. The van der Waals surface area contributed by atoms with E-state index in [1.165, 1.54) is 12.1 Å². The van der Waals surface area contributed by atoms with Gasteiger partial charge >= 0.3 is 12.1 Å². The van der Waals surface area contributed by atoms with E-state index < -0.39 is 12.1 Å². The van der Waals surface area contributed by atoms with Gasteiger partial charge in [-0.15, -0.1) is 6.58 Å². The van der Waals surface area contributed by atoms with Gasteiger partial charge in [-0.25, -0.2) is 0 Å². The molecule has 0 aliphatic rings. The van der Waals surface area contributed by atoms with Gasteiger partial charge in [0.15, 0.2) is 0 Å². The molecule has 5 nitrogen and oxygen atoms in total. The van der Waals surface area contributed by atoms with Crippen LogP contribution in [0.2, 0.25) is 0 Å². The predicted molar refractivity (Wildman–Crippen MR) is 82.0 cm³/mol. The second-order valence-corrected chi connectivity index (χ2v) is 5.08. The van der Waals surface area contributed by atoms with Crippen molar-refractivity contribution in [1.29, 1.82) is 0 Å². The van der Waals surface area contributed by atoms with Gasteiger partial charge in [0.2, 0.25) is 11.7 Å². The molecule has 0 bridgehead atoms. The van der Waals surface area contributed by atoms with E-state index in [2.05, 4.69) is 26.6 Å². The summed E-state index contributed by atoms with van der Waals surface area (Å²) in [6, 6.07) is 6.16. The van der Waals surface area contributed by atoms with E-state index in [1.54, 1.807) is 18.2 Å². The van der Waals surface area contributed by atoms with Gasteiger partial charge in [-0.3, -0.25) is 4.79 Å². The molecule has 0 atom stereocenters. The Morgan fingerprint density at radius 2 is 1.96 bits per heavy atom. The van der Waals surface area contributed by atoms with Crippen molar-refractivity contribution in [1.82, 2.24) is 10.1 Å². The van der Waals surface area contributed by atoms with Crippen LogP contribution < -0.4 is 5.32 Å². The zero-order valence-electron chi connectivity index (χ0n) is 12.8. The second-order valence-electron chi connectivity index (χ2n) is 5.08. The minimum absolute atomic E-state index is 0.120. The highest BCUT2D eigenvalue weighted by molar-refractivity contribution is 5.90. The van der Waals surface area contributed by atoms with Crippen LogP contribution in [0.25, 0.3) is 11.4 Å². The summed E-state index contributed by atoms with van der Waals surface area (Å²) < 4.78 is 41.5. The van der Waals surface area contributed by atoms with Gasteiger partial charge < -0.3 is 9.84 Å². The molecule has 0 radical (unpaired) electrons. The first-order chi connectivity index (χ1) is 11.4. The topological polar surface area (TPSA) is 68.0 Å². The van der Waals surface area contributed by atoms with Crippen LogP contribution in [0, 0.1) is 0 Å². The molecule has 1 aromatic carbocycles. The molecule has 0 aliphatic heterocycles. The SMILES string of the molecule is C=CCCCCC(=O)Nc1ccc(-c2noc(C(F)(F)F)n2)cc1. The molecule has 0 spiro atoms. The maximum absolute atomic E-state index is 12.4. The van der Waals surface area contributed by atoms with Gasteiger partial charge in [0, 0.05) is 17.7 Å². The fourth-order valence-electron chi connectivity index (χ4n) is 1.96. The highest BCUT2D eigenvalue weighted by Crippen LogP contribution is 2.29. The van der Waals surface area contributed by atoms with Gasteiger partial charge in [0.1, 0.15) is 0 Å². The van der Waals surface area contributed by atoms with E-state index in [4.69, 9.17) is 0 Å². The fraction of sp³-hybridized carbons (Fsp3) is 0.312. The lowest BCUT2D eigenvalue weighted by molar-refractivity contribution is -0.159. The summed E-state index contributed by atoms with van der Waals surface area (Å²) in [6.45, 7) is 3.61. The van der Waals surface area contributed by atoms with Gasteiger partial charge in [-0.1, -0.05) is 11.2 Å². The van der Waals surface area contributed by atoms with Crippen LogP contribution in [-0.2, 0) is 11.0 Å². The minimum Gasteiger partial charge on any atom is -0.329 e. The number of nitrogens with one attached hydrogen (secondary N) is 1. The van der Waals surface area contributed by atoms with Crippen molar-refractivity contribution in [3.63, 3.8) is 0 Å². The Labute approximate surface area is 136 Å². The lowest BCUT2D eigenvalue weighted by atomic mass is 10.1. The molecule has 1 heterocycles. The Morgan fingerprint density at radius 1 is 1.25 bits per heavy atom. The largest absolute Gasteiger partial charge is 0.471 e. The summed E-state index contributed by atoms with van der Waals surface area (Å²) in [5, 5.41) is 6.02. The molecule has 0 fully saturated rings. The summed E-state index contributed by atoms with van der Waals surface area (Å²) in [4.78, 5) is 15.0. The third-order valence-corrected chi connectivity index (χ3v) is 3.16. The Bertz CT molecular complexity index is 693. The quantitative estimate of drug-likeness (QED) is 0.598. The Morgan fingerprint density at radius 3 is 2.54 bits per heavy atom. The number of allylic oxidation sites excluding steroid dienone is 1. The summed E-state index contributed by atoms with van der Waals surface area (Å²) >= 11 is 0. The van der Waals surface area contributed by atoms with Crippen molar-refractivity contribution in [2.24, 2.45) is 0 Å². The van der Waals surface area contributed by atoms with Gasteiger partial charge in [-0.05, 0) is 43.5 Å². The predicted octanol–water partition coefficient (Wildman–Crippen LogP) is 4.44. The van der Waals surface area contributed by atoms with Crippen molar-refractivity contribution < 1.29 is 22.5 Å². The van der Waals surface area contributed by atoms with Crippen LogP contribution in [0.4, 0.5) is 18.9 Å². The molecular formula is C16H16F3N3O2.